The molecule has 0 aliphatic rings. The summed E-state index contributed by atoms with van der Waals surface area (Å²) in [6.07, 6.45) is 0. The predicted molar refractivity (Wildman–Crippen MR) is 227 cm³/mol. The molecule has 0 N–H and O–H groups in total. The third kappa shape index (κ3) is 4.51. The lowest BCUT2D eigenvalue weighted by Crippen LogP contribution is -1.97. The summed E-state index contributed by atoms with van der Waals surface area (Å²) in [4.78, 5) is 7.85. The number of rotatable bonds is 4. The largest absolute Gasteiger partial charge is 0.319 e. The van der Waals surface area contributed by atoms with Crippen LogP contribution >= 0.6 is 0 Å². The van der Waals surface area contributed by atoms with Gasteiger partial charge in [-0.2, -0.15) is 0 Å². The molecule has 254 valence electrons. The van der Waals surface area contributed by atoms with Gasteiger partial charge >= 0.3 is 0 Å². The van der Waals surface area contributed by atoms with E-state index in [9.17, 15) is 0 Å². The predicted octanol–water partition coefficient (Wildman–Crippen LogP) is 13.7. The van der Waals surface area contributed by atoms with Crippen LogP contribution < -0.4 is 0 Å². The minimum atomic E-state index is 0.591. The van der Waals surface area contributed by atoms with E-state index in [4.69, 9.17) is 13.1 Å². The highest BCUT2D eigenvalue weighted by Crippen LogP contribution is 2.40. The monoisotopic (exact) mass is 699 g/mol. The third-order valence-electron chi connectivity index (χ3n) is 11.1. The first kappa shape index (κ1) is 30.7. The van der Waals surface area contributed by atoms with E-state index < -0.39 is 0 Å². The number of hydrogen-bond acceptors (Lipinski definition) is 0. The van der Waals surface area contributed by atoms with Crippen molar-refractivity contribution in [1.82, 2.24) is 13.7 Å². The maximum Gasteiger partial charge on any atom is 0.211 e. The molecule has 0 radical (unpaired) electrons. The summed E-state index contributed by atoms with van der Waals surface area (Å²) >= 11 is 0. The third-order valence-corrected chi connectivity index (χ3v) is 11.1. The first-order valence-corrected chi connectivity index (χ1v) is 18.3. The molecule has 5 nitrogen and oxygen atoms in total. The van der Waals surface area contributed by atoms with Crippen LogP contribution in [0.15, 0.2) is 176 Å². The number of benzene rings is 8. The number of aromatic nitrogens is 3. The Hall–Kier alpha value is -7.86. The van der Waals surface area contributed by atoms with E-state index in [0.717, 1.165) is 72.1 Å². The summed E-state index contributed by atoms with van der Waals surface area (Å²) in [5.41, 5.74) is 12.7. The zero-order valence-corrected chi connectivity index (χ0v) is 29.5. The molecule has 0 saturated carbocycles. The Kier molecular flexibility index (Phi) is 6.61. The molecule has 5 heteroatoms. The van der Waals surface area contributed by atoms with Gasteiger partial charge in [-0.15, -0.1) is 0 Å². The molecule has 0 saturated heterocycles. The van der Waals surface area contributed by atoms with Crippen molar-refractivity contribution in [3.63, 3.8) is 0 Å². The van der Waals surface area contributed by atoms with E-state index >= 15 is 0 Å². The highest BCUT2D eigenvalue weighted by atomic mass is 15.0. The molecule has 11 rings (SSSR count). The lowest BCUT2D eigenvalue weighted by molar-refractivity contribution is 1.15. The van der Waals surface area contributed by atoms with Crippen molar-refractivity contribution in [3.8, 4) is 28.2 Å². The fourth-order valence-corrected chi connectivity index (χ4v) is 8.67. The Labute approximate surface area is 316 Å². The Bertz CT molecular complexity index is 3360. The Morgan fingerprint density at radius 1 is 0.327 bits per heavy atom. The molecule has 0 aliphatic carbocycles. The van der Waals surface area contributed by atoms with Crippen molar-refractivity contribution < 1.29 is 0 Å². The summed E-state index contributed by atoms with van der Waals surface area (Å²) in [5, 5.41) is 6.89. The topological polar surface area (TPSA) is 23.5 Å². The fraction of sp³-hybridized carbons (Fsp3) is 0. The Morgan fingerprint density at radius 2 is 0.855 bits per heavy atom. The van der Waals surface area contributed by atoms with Crippen molar-refractivity contribution >= 4 is 76.8 Å². The Morgan fingerprint density at radius 3 is 1.47 bits per heavy atom. The molecule has 0 unspecified atom stereocenters. The first-order chi connectivity index (χ1) is 27.2. The summed E-state index contributed by atoms with van der Waals surface area (Å²) in [7, 11) is 0. The van der Waals surface area contributed by atoms with Gasteiger partial charge in [-0.25, -0.2) is 9.69 Å². The quantitative estimate of drug-likeness (QED) is 0.163. The molecule has 0 bridgehead atoms. The van der Waals surface area contributed by atoms with E-state index in [1.54, 1.807) is 0 Å². The van der Waals surface area contributed by atoms with Crippen LogP contribution in [0.5, 0.6) is 0 Å². The number of nitrogens with zero attached hydrogens (tertiary/aromatic N) is 5. The average Bonchev–Trinajstić information content (AvgIpc) is 3.88. The van der Waals surface area contributed by atoms with Crippen molar-refractivity contribution in [1.29, 1.82) is 0 Å². The van der Waals surface area contributed by atoms with Crippen molar-refractivity contribution in [2.24, 2.45) is 0 Å². The molecule has 55 heavy (non-hydrogen) atoms. The first-order valence-electron chi connectivity index (χ1n) is 18.3. The zero-order chi connectivity index (χ0) is 36.6. The van der Waals surface area contributed by atoms with Crippen LogP contribution in [-0.2, 0) is 0 Å². The van der Waals surface area contributed by atoms with Gasteiger partial charge in [0.05, 0.1) is 51.9 Å². The molecule has 8 aromatic carbocycles. The SMILES string of the molecule is [C-]#[N+]c1ccc2c(c1)c1ccc(-n3c4ccccc4c4ccccc43)cc1n2-c1cccc(-c2ccc(-n3c4ccccc4c4ccccc43)c([N+]#[C-])c2)c1. The summed E-state index contributed by atoms with van der Waals surface area (Å²) in [5.74, 6) is 0. The van der Waals surface area contributed by atoms with Gasteiger partial charge in [-0.3, -0.25) is 0 Å². The highest BCUT2D eigenvalue weighted by Gasteiger charge is 2.19. The Balaban J connectivity index is 1.10. The molecule has 3 heterocycles. The van der Waals surface area contributed by atoms with Crippen molar-refractivity contribution in [2.45, 2.75) is 0 Å². The molecule has 0 aliphatic heterocycles. The van der Waals surface area contributed by atoms with Gasteiger partial charge in [0.2, 0.25) is 5.69 Å². The van der Waals surface area contributed by atoms with Crippen LogP contribution in [-0.4, -0.2) is 13.7 Å². The maximum absolute atomic E-state index is 8.30. The van der Waals surface area contributed by atoms with Gasteiger partial charge in [-0.1, -0.05) is 103 Å². The van der Waals surface area contributed by atoms with Crippen LogP contribution in [0.1, 0.15) is 0 Å². The van der Waals surface area contributed by atoms with E-state index in [2.05, 4.69) is 181 Å². The molecule has 11 aromatic rings. The molecular formula is C50H29N5. The van der Waals surface area contributed by atoms with Crippen LogP contribution in [0.3, 0.4) is 0 Å². The van der Waals surface area contributed by atoms with Gasteiger partial charge in [-0.05, 0) is 89.3 Å². The second-order valence-corrected chi connectivity index (χ2v) is 14.0. The van der Waals surface area contributed by atoms with Crippen LogP contribution in [0, 0.1) is 13.1 Å². The normalized spacial score (nSPS) is 11.6. The van der Waals surface area contributed by atoms with Crippen LogP contribution in [0.2, 0.25) is 0 Å². The molecule has 0 amide bonds. The zero-order valence-electron chi connectivity index (χ0n) is 29.5. The lowest BCUT2D eigenvalue weighted by atomic mass is 10.0. The van der Waals surface area contributed by atoms with Crippen LogP contribution in [0.25, 0.3) is 103 Å². The maximum atomic E-state index is 8.30. The second kappa shape index (κ2) is 11.8. The van der Waals surface area contributed by atoms with E-state index in [1.165, 1.54) is 21.5 Å². The van der Waals surface area contributed by atoms with E-state index in [1.807, 2.05) is 18.2 Å². The summed E-state index contributed by atoms with van der Waals surface area (Å²) < 4.78 is 6.86. The van der Waals surface area contributed by atoms with E-state index in [0.29, 0.717) is 11.4 Å². The number of para-hydroxylation sites is 4. The second-order valence-electron chi connectivity index (χ2n) is 14.0. The van der Waals surface area contributed by atoms with Gasteiger partial charge in [0.1, 0.15) is 0 Å². The summed E-state index contributed by atoms with van der Waals surface area (Å²) in [6.45, 7) is 16.1. The van der Waals surface area contributed by atoms with Crippen molar-refractivity contribution in [2.75, 3.05) is 0 Å². The van der Waals surface area contributed by atoms with Gasteiger partial charge in [0.15, 0.2) is 5.69 Å². The lowest BCUT2D eigenvalue weighted by Gasteiger charge is -2.14. The fourth-order valence-electron chi connectivity index (χ4n) is 8.67. The van der Waals surface area contributed by atoms with Gasteiger partial charge in [0.25, 0.3) is 0 Å². The summed E-state index contributed by atoms with van der Waals surface area (Å²) in [6, 6.07) is 61.3. The average molecular weight is 700 g/mol. The minimum Gasteiger partial charge on any atom is -0.319 e. The molecule has 3 aromatic heterocycles. The highest BCUT2D eigenvalue weighted by molar-refractivity contribution is 6.13. The van der Waals surface area contributed by atoms with E-state index in [-0.39, 0.29) is 0 Å². The molecular weight excluding hydrogens is 671 g/mol. The number of fused-ring (bicyclic) bond motifs is 9. The smallest absolute Gasteiger partial charge is 0.211 e. The van der Waals surface area contributed by atoms with Crippen molar-refractivity contribution in [3.05, 3.63) is 199 Å². The number of hydrogen-bond donors (Lipinski definition) is 0. The molecule has 0 spiro atoms. The standard InChI is InChI=1S/C50H29N5/c1-51-34-23-27-48-42(30-34)41-25-24-36(53-44-18-7-3-14-37(44)38-15-4-8-19-45(38)53)31-50(41)54(48)35-13-11-12-32(28-35)33-22-26-49(43(29-33)52-2)55-46-20-9-5-16-39(46)40-17-6-10-21-47(40)55/h3-31H. The molecule has 0 atom stereocenters. The van der Waals surface area contributed by atoms with Gasteiger partial charge in [0, 0.05) is 38.3 Å². The molecule has 0 fully saturated rings. The van der Waals surface area contributed by atoms with Gasteiger partial charge < -0.3 is 13.7 Å². The van der Waals surface area contributed by atoms with Crippen LogP contribution in [0.4, 0.5) is 11.4 Å². The minimum absolute atomic E-state index is 0.591.